The van der Waals surface area contributed by atoms with Crippen LogP contribution in [0.1, 0.15) is 0 Å². The van der Waals surface area contributed by atoms with Gasteiger partial charge in [0.25, 0.3) is 0 Å². The fraction of sp³-hybridized carbons (Fsp3) is 0. The Bertz CT molecular complexity index is 2440. The third-order valence-corrected chi connectivity index (χ3v) is 9.98. The summed E-state index contributed by atoms with van der Waals surface area (Å²) < 4.78 is 4.98. The quantitative estimate of drug-likeness (QED) is 0.193. The number of anilines is 3. The molecule has 3 heteroatoms. The third-order valence-electron chi connectivity index (χ3n) is 8.77. The van der Waals surface area contributed by atoms with Gasteiger partial charge in [-0.1, -0.05) is 103 Å². The van der Waals surface area contributed by atoms with Gasteiger partial charge in [-0.25, -0.2) is 0 Å². The number of nitrogens with zero attached hydrogens (tertiary/aromatic N) is 2. The van der Waals surface area contributed by atoms with Crippen molar-refractivity contribution >= 4 is 70.4 Å². The summed E-state index contributed by atoms with van der Waals surface area (Å²) in [5.74, 6) is 0. The zero-order chi connectivity index (χ0) is 29.7. The Hall–Kier alpha value is -5.64. The highest BCUT2D eigenvalue weighted by molar-refractivity contribution is 7.26. The van der Waals surface area contributed by atoms with Crippen LogP contribution >= 0.6 is 11.3 Å². The lowest BCUT2D eigenvalue weighted by molar-refractivity contribution is 1.18. The van der Waals surface area contributed by atoms with Gasteiger partial charge in [0.2, 0.25) is 0 Å². The van der Waals surface area contributed by atoms with E-state index >= 15 is 0 Å². The van der Waals surface area contributed by atoms with Gasteiger partial charge in [0, 0.05) is 48.0 Å². The van der Waals surface area contributed by atoms with E-state index in [1.807, 2.05) is 11.3 Å². The zero-order valence-corrected chi connectivity index (χ0v) is 25.3. The molecular weight excluding hydrogens is 565 g/mol. The average Bonchev–Trinajstić information content (AvgIpc) is 3.66. The highest BCUT2D eigenvalue weighted by Crippen LogP contribution is 2.48. The van der Waals surface area contributed by atoms with Crippen molar-refractivity contribution in [2.45, 2.75) is 0 Å². The van der Waals surface area contributed by atoms with Crippen molar-refractivity contribution in [1.82, 2.24) is 4.57 Å². The Morgan fingerprint density at radius 2 is 1.07 bits per heavy atom. The molecule has 0 aliphatic carbocycles. The highest BCUT2D eigenvalue weighted by Gasteiger charge is 2.21. The first-order chi connectivity index (χ1) is 22.3. The molecule has 0 amide bonds. The van der Waals surface area contributed by atoms with E-state index in [2.05, 4.69) is 179 Å². The van der Waals surface area contributed by atoms with E-state index in [-0.39, 0.29) is 0 Å². The van der Waals surface area contributed by atoms with Gasteiger partial charge < -0.3 is 9.47 Å². The summed E-state index contributed by atoms with van der Waals surface area (Å²) in [6.07, 6.45) is 0. The van der Waals surface area contributed by atoms with Gasteiger partial charge in [-0.3, -0.25) is 0 Å². The van der Waals surface area contributed by atoms with E-state index < -0.39 is 0 Å². The maximum Gasteiger partial charge on any atom is 0.0555 e. The number of aromatic nitrogens is 1. The maximum absolute atomic E-state index is 2.39. The Balaban J connectivity index is 1.31. The normalized spacial score (nSPS) is 11.6. The second-order valence-electron chi connectivity index (χ2n) is 11.4. The summed E-state index contributed by atoms with van der Waals surface area (Å²) >= 11 is 1.88. The molecule has 0 bridgehead atoms. The standard InChI is InChI=1S/C42H28N2S/c1-4-14-30(15-5-1)43(31-16-6-2-7-17-31)39-27-25-33(42-41(39)35-21-11-13-23-40(35)45-42)29-24-26-38-36(28-29)34-20-10-12-22-37(34)44(38)32-18-8-3-9-19-32/h1-28H. The Morgan fingerprint density at radius 3 is 1.80 bits per heavy atom. The number of thiophene rings is 1. The molecule has 212 valence electrons. The molecule has 0 fully saturated rings. The van der Waals surface area contributed by atoms with Crippen LogP contribution in [-0.2, 0) is 0 Å². The molecule has 0 N–H and O–H groups in total. The van der Waals surface area contributed by atoms with Crippen molar-refractivity contribution in [1.29, 1.82) is 0 Å². The number of fused-ring (bicyclic) bond motifs is 6. The summed E-state index contributed by atoms with van der Waals surface area (Å²) in [4.78, 5) is 2.39. The topological polar surface area (TPSA) is 8.17 Å². The number of hydrogen-bond acceptors (Lipinski definition) is 2. The van der Waals surface area contributed by atoms with Gasteiger partial charge in [0.05, 0.1) is 16.7 Å². The molecule has 9 rings (SSSR count). The summed E-state index contributed by atoms with van der Waals surface area (Å²) in [7, 11) is 0. The fourth-order valence-corrected chi connectivity index (χ4v) is 8.06. The van der Waals surface area contributed by atoms with E-state index in [9.17, 15) is 0 Å². The van der Waals surface area contributed by atoms with E-state index in [1.165, 1.54) is 64.5 Å². The molecule has 2 aromatic heterocycles. The summed E-state index contributed by atoms with van der Waals surface area (Å²) in [5, 5.41) is 5.10. The van der Waals surface area contributed by atoms with Gasteiger partial charge in [-0.05, 0) is 77.9 Å². The molecule has 0 saturated heterocycles. The van der Waals surface area contributed by atoms with Crippen molar-refractivity contribution in [3.63, 3.8) is 0 Å². The number of para-hydroxylation sites is 4. The molecule has 0 atom stereocenters. The summed E-state index contributed by atoms with van der Waals surface area (Å²) in [6, 6.07) is 61.2. The zero-order valence-electron chi connectivity index (χ0n) is 24.5. The molecule has 0 aliphatic heterocycles. The van der Waals surface area contributed by atoms with Crippen LogP contribution < -0.4 is 4.90 Å². The smallest absolute Gasteiger partial charge is 0.0555 e. The lowest BCUT2D eigenvalue weighted by atomic mass is 9.98. The summed E-state index contributed by atoms with van der Waals surface area (Å²) in [5.41, 5.74) is 9.57. The van der Waals surface area contributed by atoms with E-state index in [4.69, 9.17) is 0 Å². The van der Waals surface area contributed by atoms with Gasteiger partial charge >= 0.3 is 0 Å². The first-order valence-corrected chi connectivity index (χ1v) is 16.1. The van der Waals surface area contributed by atoms with E-state index in [1.54, 1.807) is 0 Å². The number of hydrogen-bond donors (Lipinski definition) is 0. The molecule has 7 aromatic carbocycles. The van der Waals surface area contributed by atoms with Crippen LogP contribution in [0.5, 0.6) is 0 Å². The van der Waals surface area contributed by atoms with Gasteiger partial charge in [0.15, 0.2) is 0 Å². The third kappa shape index (κ3) is 4.16. The SMILES string of the molecule is c1ccc(N(c2ccccc2)c2ccc(-c3ccc4c(c3)c3ccccc3n4-c3ccccc3)c3sc4ccccc4c23)cc1. The van der Waals surface area contributed by atoms with E-state index in [0.29, 0.717) is 0 Å². The van der Waals surface area contributed by atoms with Crippen LogP contribution in [0.2, 0.25) is 0 Å². The first-order valence-electron chi connectivity index (χ1n) is 15.3. The highest BCUT2D eigenvalue weighted by atomic mass is 32.1. The van der Waals surface area contributed by atoms with Crippen molar-refractivity contribution in [2.75, 3.05) is 4.90 Å². The lowest BCUT2D eigenvalue weighted by Gasteiger charge is -2.27. The minimum Gasteiger partial charge on any atom is -0.310 e. The van der Waals surface area contributed by atoms with Crippen molar-refractivity contribution in [3.05, 3.63) is 170 Å². The molecular formula is C42H28N2S. The predicted molar refractivity (Wildman–Crippen MR) is 194 cm³/mol. The van der Waals surface area contributed by atoms with Crippen LogP contribution in [0, 0.1) is 0 Å². The largest absolute Gasteiger partial charge is 0.310 e. The minimum atomic E-state index is 1.14. The van der Waals surface area contributed by atoms with Gasteiger partial charge in [0.1, 0.15) is 0 Å². The molecule has 0 radical (unpaired) electrons. The summed E-state index contributed by atoms with van der Waals surface area (Å²) in [6.45, 7) is 0. The van der Waals surface area contributed by atoms with Crippen LogP contribution in [0.4, 0.5) is 17.1 Å². The predicted octanol–water partition coefficient (Wildman–Crippen LogP) is 12.3. The molecule has 45 heavy (non-hydrogen) atoms. The minimum absolute atomic E-state index is 1.14. The van der Waals surface area contributed by atoms with Crippen molar-refractivity contribution in [3.8, 4) is 16.8 Å². The number of benzene rings is 7. The van der Waals surface area contributed by atoms with Crippen LogP contribution in [0.15, 0.2) is 170 Å². The second kappa shape index (κ2) is 10.5. The Kier molecular flexibility index (Phi) is 6.03. The lowest BCUT2D eigenvalue weighted by Crippen LogP contribution is -2.10. The molecule has 0 aliphatic rings. The molecule has 9 aromatic rings. The average molecular weight is 593 g/mol. The van der Waals surface area contributed by atoms with Crippen LogP contribution in [-0.4, -0.2) is 4.57 Å². The van der Waals surface area contributed by atoms with Gasteiger partial charge in [-0.15, -0.1) is 11.3 Å². The van der Waals surface area contributed by atoms with Crippen molar-refractivity contribution in [2.24, 2.45) is 0 Å². The molecule has 0 spiro atoms. The molecule has 0 unspecified atom stereocenters. The first kappa shape index (κ1) is 25.8. The second-order valence-corrected chi connectivity index (χ2v) is 12.4. The Morgan fingerprint density at radius 1 is 0.467 bits per heavy atom. The van der Waals surface area contributed by atoms with Crippen LogP contribution in [0.25, 0.3) is 58.8 Å². The molecule has 2 nitrogen and oxygen atoms in total. The number of rotatable bonds is 5. The fourth-order valence-electron chi connectivity index (χ4n) is 6.80. The Labute approximate surface area is 265 Å². The maximum atomic E-state index is 2.39. The monoisotopic (exact) mass is 592 g/mol. The molecule has 0 saturated carbocycles. The molecule has 2 heterocycles. The van der Waals surface area contributed by atoms with Crippen molar-refractivity contribution < 1.29 is 0 Å². The van der Waals surface area contributed by atoms with E-state index in [0.717, 1.165) is 11.4 Å². The van der Waals surface area contributed by atoms with Gasteiger partial charge in [-0.2, -0.15) is 0 Å². The van der Waals surface area contributed by atoms with Crippen LogP contribution in [0.3, 0.4) is 0 Å².